The molecular formula is C23H25Cl2N3O. The van der Waals surface area contributed by atoms with E-state index in [1.54, 1.807) is 0 Å². The SMILES string of the molecule is O=C[C@@]1(C2CN(C3CC3)c3ccccc3N2)CCCN1Cc1c(Cl)cccc1Cl. The first-order chi connectivity index (χ1) is 14.1. The maximum Gasteiger partial charge on any atom is 0.142 e. The number of carbonyl (C=O) groups excluding carboxylic acids is 1. The Morgan fingerprint density at radius 2 is 1.86 bits per heavy atom. The van der Waals surface area contributed by atoms with Gasteiger partial charge >= 0.3 is 0 Å². The largest absolute Gasteiger partial charge is 0.377 e. The van der Waals surface area contributed by atoms with Crippen LogP contribution in [0.2, 0.25) is 10.0 Å². The fourth-order valence-electron chi connectivity index (χ4n) is 5.02. The van der Waals surface area contributed by atoms with E-state index in [9.17, 15) is 4.79 Å². The summed E-state index contributed by atoms with van der Waals surface area (Å²) in [5.41, 5.74) is 2.72. The molecule has 2 fully saturated rings. The molecular weight excluding hydrogens is 405 g/mol. The van der Waals surface area contributed by atoms with Gasteiger partial charge in [-0.25, -0.2) is 0 Å². The molecule has 6 heteroatoms. The fourth-order valence-corrected chi connectivity index (χ4v) is 5.54. The van der Waals surface area contributed by atoms with Crippen molar-refractivity contribution in [3.63, 3.8) is 0 Å². The van der Waals surface area contributed by atoms with Gasteiger partial charge in [0, 0.05) is 34.7 Å². The van der Waals surface area contributed by atoms with Crippen LogP contribution in [0.25, 0.3) is 0 Å². The molecule has 29 heavy (non-hydrogen) atoms. The van der Waals surface area contributed by atoms with Crippen molar-refractivity contribution < 1.29 is 4.79 Å². The minimum Gasteiger partial charge on any atom is -0.377 e. The zero-order chi connectivity index (χ0) is 20.0. The van der Waals surface area contributed by atoms with Gasteiger partial charge in [-0.15, -0.1) is 0 Å². The summed E-state index contributed by atoms with van der Waals surface area (Å²) in [6.45, 7) is 2.29. The number of anilines is 2. The van der Waals surface area contributed by atoms with E-state index in [0.717, 1.165) is 37.2 Å². The third-order valence-corrected chi connectivity index (χ3v) is 7.43. The van der Waals surface area contributed by atoms with Crippen LogP contribution in [0.4, 0.5) is 11.4 Å². The minimum absolute atomic E-state index is 0.0271. The topological polar surface area (TPSA) is 35.6 Å². The number of para-hydroxylation sites is 2. The number of fused-ring (bicyclic) bond motifs is 1. The fraction of sp³-hybridized carbons (Fsp3) is 0.435. The van der Waals surface area contributed by atoms with Gasteiger partial charge in [-0.1, -0.05) is 41.4 Å². The van der Waals surface area contributed by atoms with E-state index in [-0.39, 0.29) is 6.04 Å². The summed E-state index contributed by atoms with van der Waals surface area (Å²) in [4.78, 5) is 17.4. The van der Waals surface area contributed by atoms with Crippen LogP contribution in [0.15, 0.2) is 42.5 Å². The van der Waals surface area contributed by atoms with E-state index in [1.807, 2.05) is 18.2 Å². The van der Waals surface area contributed by atoms with Gasteiger partial charge in [-0.05, 0) is 56.5 Å². The predicted octanol–water partition coefficient (Wildman–Crippen LogP) is 4.99. The lowest BCUT2D eigenvalue weighted by Crippen LogP contribution is -2.62. The van der Waals surface area contributed by atoms with E-state index in [1.165, 1.54) is 24.8 Å². The molecule has 1 aliphatic carbocycles. The van der Waals surface area contributed by atoms with Crippen molar-refractivity contribution in [2.75, 3.05) is 23.3 Å². The van der Waals surface area contributed by atoms with E-state index in [0.29, 0.717) is 22.6 Å². The maximum absolute atomic E-state index is 12.6. The average molecular weight is 430 g/mol. The molecule has 3 aliphatic rings. The van der Waals surface area contributed by atoms with Gasteiger partial charge in [0.1, 0.15) is 6.29 Å². The predicted molar refractivity (Wildman–Crippen MR) is 119 cm³/mol. The number of carbonyl (C=O) groups is 1. The zero-order valence-electron chi connectivity index (χ0n) is 16.3. The number of halogens is 2. The van der Waals surface area contributed by atoms with Crippen LogP contribution in [-0.2, 0) is 11.3 Å². The number of hydrogen-bond acceptors (Lipinski definition) is 4. The van der Waals surface area contributed by atoms with E-state index >= 15 is 0 Å². The first-order valence-corrected chi connectivity index (χ1v) is 11.1. The molecule has 2 atom stereocenters. The van der Waals surface area contributed by atoms with Crippen LogP contribution in [0.3, 0.4) is 0 Å². The Balaban J connectivity index is 1.48. The zero-order valence-corrected chi connectivity index (χ0v) is 17.8. The molecule has 1 N–H and O–H groups in total. The molecule has 152 valence electrons. The normalized spacial score (nSPS) is 26.8. The molecule has 1 saturated carbocycles. The van der Waals surface area contributed by atoms with Crippen LogP contribution >= 0.6 is 23.2 Å². The molecule has 0 spiro atoms. The number of aldehydes is 1. The van der Waals surface area contributed by atoms with Crippen LogP contribution in [0, 0.1) is 0 Å². The second-order valence-corrected chi connectivity index (χ2v) is 9.25. The molecule has 2 aromatic rings. The number of nitrogens with one attached hydrogen (secondary N) is 1. The lowest BCUT2D eigenvalue weighted by Gasteiger charge is -2.47. The summed E-state index contributed by atoms with van der Waals surface area (Å²) in [5, 5.41) is 5.02. The lowest BCUT2D eigenvalue weighted by atomic mass is 9.86. The van der Waals surface area contributed by atoms with Crippen LogP contribution < -0.4 is 10.2 Å². The van der Waals surface area contributed by atoms with Gasteiger partial charge in [0.25, 0.3) is 0 Å². The Morgan fingerprint density at radius 3 is 2.59 bits per heavy atom. The monoisotopic (exact) mass is 429 g/mol. The Morgan fingerprint density at radius 1 is 1.10 bits per heavy atom. The van der Waals surface area contributed by atoms with Gasteiger partial charge < -0.3 is 15.0 Å². The number of hydrogen-bond donors (Lipinski definition) is 1. The summed E-state index contributed by atoms with van der Waals surface area (Å²) in [6.07, 6.45) is 5.46. The maximum atomic E-state index is 12.6. The Kier molecular flexibility index (Phi) is 4.97. The summed E-state index contributed by atoms with van der Waals surface area (Å²) < 4.78 is 0. The summed E-state index contributed by atoms with van der Waals surface area (Å²) in [6, 6.07) is 14.7. The highest BCUT2D eigenvalue weighted by Crippen LogP contribution is 2.43. The molecule has 4 nitrogen and oxygen atoms in total. The number of nitrogens with zero attached hydrogens (tertiary/aromatic N) is 2. The molecule has 2 aromatic carbocycles. The molecule has 0 aromatic heterocycles. The van der Waals surface area contributed by atoms with Crippen LogP contribution in [-0.4, -0.2) is 41.9 Å². The van der Waals surface area contributed by atoms with Crippen molar-refractivity contribution in [3.8, 4) is 0 Å². The molecule has 2 aliphatic heterocycles. The van der Waals surface area contributed by atoms with E-state index in [2.05, 4.69) is 39.4 Å². The van der Waals surface area contributed by atoms with Gasteiger partial charge in [0.2, 0.25) is 0 Å². The van der Waals surface area contributed by atoms with Crippen molar-refractivity contribution in [2.45, 2.75) is 49.9 Å². The second-order valence-electron chi connectivity index (χ2n) is 8.43. The minimum atomic E-state index is -0.566. The van der Waals surface area contributed by atoms with E-state index < -0.39 is 5.54 Å². The smallest absolute Gasteiger partial charge is 0.142 e. The summed E-state index contributed by atoms with van der Waals surface area (Å²) >= 11 is 12.9. The first kappa shape index (κ1) is 19.2. The van der Waals surface area contributed by atoms with Crippen molar-refractivity contribution in [2.24, 2.45) is 0 Å². The number of rotatable bonds is 5. The third-order valence-electron chi connectivity index (χ3n) is 6.72. The highest BCUT2D eigenvalue weighted by atomic mass is 35.5. The average Bonchev–Trinajstić information content (AvgIpc) is 3.50. The number of likely N-dealkylation sites (tertiary alicyclic amines) is 1. The molecule has 5 rings (SSSR count). The molecule has 1 unspecified atom stereocenters. The second kappa shape index (κ2) is 7.50. The summed E-state index contributed by atoms with van der Waals surface area (Å²) in [5.74, 6) is 0. The lowest BCUT2D eigenvalue weighted by molar-refractivity contribution is -0.118. The molecule has 2 heterocycles. The van der Waals surface area contributed by atoms with Crippen molar-refractivity contribution >= 4 is 40.9 Å². The highest BCUT2D eigenvalue weighted by Gasteiger charge is 2.50. The summed E-state index contributed by atoms with van der Waals surface area (Å²) in [7, 11) is 0. The van der Waals surface area contributed by atoms with Gasteiger partial charge in [0.05, 0.1) is 23.0 Å². The Labute approximate surface area is 181 Å². The van der Waals surface area contributed by atoms with E-state index in [4.69, 9.17) is 23.2 Å². The Bertz CT molecular complexity index is 912. The number of benzene rings is 2. The van der Waals surface area contributed by atoms with Crippen molar-refractivity contribution in [1.29, 1.82) is 0 Å². The standard InChI is InChI=1S/C23H25Cl2N3O/c24-18-5-3-6-19(25)17(18)13-27-12-4-11-23(27,15-29)22-14-28(16-9-10-16)21-8-2-1-7-20(21)26-22/h1-3,5-8,15-16,22,26H,4,9-14H2/t22?,23-/m1/s1. The van der Waals surface area contributed by atoms with Gasteiger partial charge in [0.15, 0.2) is 0 Å². The van der Waals surface area contributed by atoms with Gasteiger partial charge in [-0.3, -0.25) is 4.90 Å². The van der Waals surface area contributed by atoms with Crippen molar-refractivity contribution in [1.82, 2.24) is 4.90 Å². The van der Waals surface area contributed by atoms with Crippen molar-refractivity contribution in [3.05, 3.63) is 58.1 Å². The van der Waals surface area contributed by atoms with Crippen LogP contribution in [0.5, 0.6) is 0 Å². The molecule has 0 amide bonds. The molecule has 0 radical (unpaired) electrons. The van der Waals surface area contributed by atoms with Crippen LogP contribution in [0.1, 0.15) is 31.2 Å². The Hall–Kier alpha value is -1.75. The highest BCUT2D eigenvalue weighted by molar-refractivity contribution is 6.35. The third kappa shape index (κ3) is 3.31. The molecule has 0 bridgehead atoms. The molecule has 1 saturated heterocycles. The first-order valence-electron chi connectivity index (χ1n) is 10.4. The quantitative estimate of drug-likeness (QED) is 0.678. The van der Waals surface area contributed by atoms with Gasteiger partial charge in [-0.2, -0.15) is 0 Å².